The zero-order valence-electron chi connectivity index (χ0n) is 11.1. The van der Waals surface area contributed by atoms with Crippen molar-refractivity contribution in [2.75, 3.05) is 20.8 Å². The number of hydrogen-bond donors (Lipinski definition) is 0. The van der Waals surface area contributed by atoms with Crippen LogP contribution in [-0.4, -0.2) is 26.8 Å². The van der Waals surface area contributed by atoms with Gasteiger partial charge in [-0.2, -0.15) is 0 Å². The second-order valence-corrected chi connectivity index (χ2v) is 3.91. The second-order valence-electron chi connectivity index (χ2n) is 3.91. The number of hydrogen-bond acceptors (Lipinski definition) is 4. The maximum absolute atomic E-state index is 11.5. The highest BCUT2D eigenvalue weighted by Crippen LogP contribution is 2.21. The van der Waals surface area contributed by atoms with Crippen molar-refractivity contribution in [1.82, 2.24) is 0 Å². The molecule has 0 aromatic heterocycles. The molecule has 100 valence electrons. The Labute approximate surface area is 108 Å². The van der Waals surface area contributed by atoms with Crippen LogP contribution >= 0.6 is 0 Å². The molecule has 1 rings (SSSR count). The van der Waals surface area contributed by atoms with E-state index in [1.807, 2.05) is 24.3 Å². The lowest BCUT2D eigenvalue weighted by atomic mass is 10.1. The standard InChI is InChI=1S/C14H20O4/c1-4-5-10-18-12-8-6-11(7-9-12)13(16-2)14(15)17-3/h6-9,13H,4-5,10H2,1-3H3/t13-/m0/s1. The van der Waals surface area contributed by atoms with E-state index in [2.05, 4.69) is 11.7 Å². The molecular formula is C14H20O4. The van der Waals surface area contributed by atoms with Gasteiger partial charge in [-0.25, -0.2) is 4.79 Å². The largest absolute Gasteiger partial charge is 0.494 e. The Bertz CT molecular complexity index is 359. The molecule has 4 nitrogen and oxygen atoms in total. The molecule has 0 amide bonds. The van der Waals surface area contributed by atoms with E-state index in [1.54, 1.807) is 0 Å². The van der Waals surface area contributed by atoms with Gasteiger partial charge in [-0.3, -0.25) is 0 Å². The molecule has 0 saturated heterocycles. The van der Waals surface area contributed by atoms with Crippen LogP contribution in [0.5, 0.6) is 5.75 Å². The van der Waals surface area contributed by atoms with Crippen LogP contribution in [0.4, 0.5) is 0 Å². The minimum absolute atomic E-state index is 0.405. The van der Waals surface area contributed by atoms with Gasteiger partial charge in [0.2, 0.25) is 0 Å². The molecule has 0 aliphatic carbocycles. The molecule has 1 aromatic carbocycles. The molecule has 0 unspecified atom stereocenters. The summed E-state index contributed by atoms with van der Waals surface area (Å²) in [6.07, 6.45) is 1.45. The summed E-state index contributed by atoms with van der Waals surface area (Å²) >= 11 is 0. The molecule has 1 aromatic rings. The maximum Gasteiger partial charge on any atom is 0.339 e. The number of ether oxygens (including phenoxy) is 3. The van der Waals surface area contributed by atoms with Crippen LogP contribution in [0.1, 0.15) is 31.4 Å². The van der Waals surface area contributed by atoms with Gasteiger partial charge < -0.3 is 14.2 Å². The SMILES string of the molecule is CCCCOc1ccc([C@H](OC)C(=O)OC)cc1. The average molecular weight is 252 g/mol. The fraction of sp³-hybridized carbons (Fsp3) is 0.500. The normalized spacial score (nSPS) is 11.9. The molecule has 0 spiro atoms. The lowest BCUT2D eigenvalue weighted by molar-refractivity contribution is -0.152. The Hall–Kier alpha value is -1.55. The molecule has 1 atom stereocenters. The first-order valence-electron chi connectivity index (χ1n) is 6.06. The molecule has 18 heavy (non-hydrogen) atoms. The van der Waals surface area contributed by atoms with E-state index in [9.17, 15) is 4.79 Å². The van der Waals surface area contributed by atoms with E-state index in [0.717, 1.165) is 24.2 Å². The Morgan fingerprint density at radius 2 is 1.89 bits per heavy atom. The van der Waals surface area contributed by atoms with Gasteiger partial charge in [0.1, 0.15) is 5.75 Å². The van der Waals surface area contributed by atoms with Crippen LogP contribution in [0.2, 0.25) is 0 Å². The highest BCUT2D eigenvalue weighted by atomic mass is 16.6. The summed E-state index contributed by atoms with van der Waals surface area (Å²) < 4.78 is 15.3. The summed E-state index contributed by atoms with van der Waals surface area (Å²) in [7, 11) is 2.82. The van der Waals surface area contributed by atoms with Crippen molar-refractivity contribution >= 4 is 5.97 Å². The topological polar surface area (TPSA) is 44.8 Å². The van der Waals surface area contributed by atoms with Crippen LogP contribution in [0.25, 0.3) is 0 Å². The van der Waals surface area contributed by atoms with Crippen molar-refractivity contribution in [2.45, 2.75) is 25.9 Å². The van der Waals surface area contributed by atoms with E-state index < -0.39 is 12.1 Å². The predicted octanol–water partition coefficient (Wildman–Crippen LogP) is 2.73. The number of rotatable bonds is 7. The Morgan fingerprint density at radius 1 is 1.22 bits per heavy atom. The van der Waals surface area contributed by atoms with Crippen LogP contribution in [-0.2, 0) is 14.3 Å². The van der Waals surface area contributed by atoms with Crippen molar-refractivity contribution in [3.8, 4) is 5.75 Å². The minimum Gasteiger partial charge on any atom is -0.494 e. The Balaban J connectivity index is 2.65. The highest BCUT2D eigenvalue weighted by Gasteiger charge is 2.20. The van der Waals surface area contributed by atoms with Gasteiger partial charge in [0.05, 0.1) is 13.7 Å². The third kappa shape index (κ3) is 4.04. The summed E-state index contributed by atoms with van der Waals surface area (Å²) in [4.78, 5) is 11.5. The van der Waals surface area contributed by atoms with Crippen LogP contribution < -0.4 is 4.74 Å². The number of esters is 1. The van der Waals surface area contributed by atoms with Crippen molar-refractivity contribution in [3.63, 3.8) is 0 Å². The van der Waals surface area contributed by atoms with Crippen molar-refractivity contribution in [1.29, 1.82) is 0 Å². The second kappa shape index (κ2) is 7.71. The van der Waals surface area contributed by atoms with E-state index in [4.69, 9.17) is 9.47 Å². The van der Waals surface area contributed by atoms with E-state index in [0.29, 0.717) is 6.61 Å². The number of carbonyl (C=O) groups is 1. The first-order chi connectivity index (χ1) is 8.72. The van der Waals surface area contributed by atoms with Gasteiger partial charge in [-0.05, 0) is 24.1 Å². The van der Waals surface area contributed by atoms with Gasteiger partial charge in [0.25, 0.3) is 0 Å². The third-order valence-corrected chi connectivity index (χ3v) is 2.60. The smallest absolute Gasteiger partial charge is 0.339 e. The van der Waals surface area contributed by atoms with Crippen molar-refractivity contribution in [3.05, 3.63) is 29.8 Å². The lowest BCUT2D eigenvalue weighted by Gasteiger charge is -2.13. The first kappa shape index (κ1) is 14.5. The number of carbonyl (C=O) groups excluding carboxylic acids is 1. The summed E-state index contributed by atoms with van der Waals surface area (Å²) in [5.41, 5.74) is 0.757. The zero-order valence-corrected chi connectivity index (χ0v) is 11.1. The molecule has 4 heteroatoms. The minimum atomic E-state index is -0.681. The fourth-order valence-electron chi connectivity index (χ4n) is 1.55. The van der Waals surface area contributed by atoms with E-state index in [1.165, 1.54) is 14.2 Å². The van der Waals surface area contributed by atoms with E-state index in [-0.39, 0.29) is 0 Å². The summed E-state index contributed by atoms with van der Waals surface area (Å²) in [6, 6.07) is 7.29. The van der Waals surface area contributed by atoms with Crippen LogP contribution in [0, 0.1) is 0 Å². The van der Waals surface area contributed by atoms with Gasteiger partial charge in [-0.15, -0.1) is 0 Å². The molecule has 0 radical (unpaired) electrons. The first-order valence-corrected chi connectivity index (χ1v) is 6.06. The summed E-state index contributed by atoms with van der Waals surface area (Å²) in [5, 5.41) is 0. The van der Waals surface area contributed by atoms with Crippen LogP contribution in [0.3, 0.4) is 0 Å². The quantitative estimate of drug-likeness (QED) is 0.553. The van der Waals surface area contributed by atoms with E-state index >= 15 is 0 Å². The lowest BCUT2D eigenvalue weighted by Crippen LogP contribution is -2.15. The van der Waals surface area contributed by atoms with Gasteiger partial charge in [0, 0.05) is 7.11 Å². The summed E-state index contributed by atoms with van der Waals surface area (Å²) in [6.45, 7) is 2.83. The number of unbranched alkanes of at least 4 members (excludes halogenated alkanes) is 1. The molecule has 0 aliphatic heterocycles. The van der Waals surface area contributed by atoms with Gasteiger partial charge in [-0.1, -0.05) is 25.5 Å². The molecule has 0 bridgehead atoms. The van der Waals surface area contributed by atoms with Gasteiger partial charge in [0.15, 0.2) is 6.10 Å². The summed E-state index contributed by atoms with van der Waals surface area (Å²) in [5.74, 6) is 0.393. The zero-order chi connectivity index (χ0) is 13.4. The van der Waals surface area contributed by atoms with Gasteiger partial charge >= 0.3 is 5.97 Å². The van der Waals surface area contributed by atoms with Crippen molar-refractivity contribution < 1.29 is 19.0 Å². The van der Waals surface area contributed by atoms with Crippen LogP contribution in [0.15, 0.2) is 24.3 Å². The molecule has 0 fully saturated rings. The molecule has 0 aliphatic rings. The Kier molecular flexibility index (Phi) is 6.22. The van der Waals surface area contributed by atoms with Crippen molar-refractivity contribution in [2.24, 2.45) is 0 Å². The third-order valence-electron chi connectivity index (χ3n) is 2.60. The average Bonchev–Trinajstić information content (AvgIpc) is 2.41. The monoisotopic (exact) mass is 252 g/mol. The predicted molar refractivity (Wildman–Crippen MR) is 68.6 cm³/mol. The maximum atomic E-state index is 11.5. The molecule has 0 N–H and O–H groups in total. The number of benzene rings is 1. The highest BCUT2D eigenvalue weighted by molar-refractivity contribution is 5.76. The molecular weight excluding hydrogens is 232 g/mol. The number of methoxy groups -OCH3 is 2. The molecule has 0 saturated carbocycles. The Morgan fingerprint density at radius 3 is 2.39 bits per heavy atom. The fourth-order valence-corrected chi connectivity index (χ4v) is 1.55. The molecule has 0 heterocycles.